The first-order chi connectivity index (χ1) is 13.1. The molecule has 3 aromatic rings. The van der Waals surface area contributed by atoms with E-state index >= 15 is 0 Å². The molecule has 6 heteroatoms. The topological polar surface area (TPSA) is 71.3 Å². The van der Waals surface area contributed by atoms with Gasteiger partial charge in [0.1, 0.15) is 6.04 Å². The van der Waals surface area contributed by atoms with E-state index in [-0.39, 0.29) is 17.7 Å². The van der Waals surface area contributed by atoms with Gasteiger partial charge in [0, 0.05) is 4.88 Å². The molecule has 3 rings (SSSR count). The van der Waals surface area contributed by atoms with Crippen LogP contribution in [0.25, 0.3) is 0 Å². The van der Waals surface area contributed by atoms with Crippen LogP contribution in [0.15, 0.2) is 64.6 Å². The first kappa shape index (κ1) is 18.9. The second kappa shape index (κ2) is 8.68. The number of carbonyl (C=O) groups excluding carboxylic acids is 2. The number of amides is 2. The number of furan rings is 1. The van der Waals surface area contributed by atoms with Gasteiger partial charge in [-0.15, -0.1) is 11.3 Å². The Hall–Kier alpha value is -2.86. The summed E-state index contributed by atoms with van der Waals surface area (Å²) in [6, 6.07) is 14.4. The normalized spacial score (nSPS) is 13.0. The van der Waals surface area contributed by atoms with Gasteiger partial charge in [0.2, 0.25) is 5.91 Å². The fraction of sp³-hybridized carbons (Fsp3) is 0.238. The van der Waals surface area contributed by atoms with Gasteiger partial charge in [-0.2, -0.15) is 0 Å². The second-order valence-corrected chi connectivity index (χ2v) is 7.20. The summed E-state index contributed by atoms with van der Waals surface area (Å²) in [5.74, 6) is -0.491. The predicted octanol–water partition coefficient (Wildman–Crippen LogP) is 3.93. The third-order valence-electron chi connectivity index (χ3n) is 4.32. The van der Waals surface area contributed by atoms with Gasteiger partial charge < -0.3 is 15.1 Å². The summed E-state index contributed by atoms with van der Waals surface area (Å²) in [6.07, 6.45) is 2.39. The summed E-state index contributed by atoms with van der Waals surface area (Å²) in [6.45, 7) is 3.76. The maximum Gasteiger partial charge on any atom is 0.287 e. The maximum atomic E-state index is 12.7. The van der Waals surface area contributed by atoms with Crippen molar-refractivity contribution in [2.45, 2.75) is 32.4 Å². The van der Waals surface area contributed by atoms with E-state index in [1.807, 2.05) is 29.6 Å². The third kappa shape index (κ3) is 4.65. The Balaban J connectivity index is 1.73. The summed E-state index contributed by atoms with van der Waals surface area (Å²) in [5.41, 5.74) is 2.25. The van der Waals surface area contributed by atoms with Crippen LogP contribution in [0.4, 0.5) is 0 Å². The lowest BCUT2D eigenvalue weighted by Gasteiger charge is -2.21. The minimum atomic E-state index is -0.694. The molecule has 0 radical (unpaired) electrons. The largest absolute Gasteiger partial charge is 0.459 e. The average molecular weight is 382 g/mol. The molecule has 0 saturated carbocycles. The van der Waals surface area contributed by atoms with Gasteiger partial charge >= 0.3 is 0 Å². The number of aryl methyl sites for hydroxylation is 1. The monoisotopic (exact) mass is 382 g/mol. The average Bonchev–Trinajstić information content (AvgIpc) is 3.39. The lowest BCUT2D eigenvalue weighted by molar-refractivity contribution is -0.123. The van der Waals surface area contributed by atoms with Crippen LogP contribution in [0.1, 0.15) is 46.4 Å². The molecular formula is C21H22N2O3S. The Bertz CT molecular complexity index is 871. The first-order valence-corrected chi connectivity index (χ1v) is 9.73. The molecule has 140 valence electrons. The van der Waals surface area contributed by atoms with Gasteiger partial charge in [-0.05, 0) is 48.1 Å². The van der Waals surface area contributed by atoms with Crippen LogP contribution in [-0.2, 0) is 11.2 Å². The molecule has 2 N–H and O–H groups in total. The van der Waals surface area contributed by atoms with Crippen LogP contribution in [-0.4, -0.2) is 17.9 Å². The highest BCUT2D eigenvalue weighted by Crippen LogP contribution is 2.26. The smallest absolute Gasteiger partial charge is 0.287 e. The molecule has 0 bridgehead atoms. The van der Waals surface area contributed by atoms with Crippen molar-refractivity contribution in [3.63, 3.8) is 0 Å². The van der Waals surface area contributed by atoms with E-state index in [1.165, 1.54) is 11.8 Å². The van der Waals surface area contributed by atoms with Crippen molar-refractivity contribution >= 4 is 23.2 Å². The molecule has 2 unspecified atom stereocenters. The van der Waals surface area contributed by atoms with Crippen molar-refractivity contribution in [1.82, 2.24) is 10.6 Å². The number of benzene rings is 1. The van der Waals surface area contributed by atoms with Crippen molar-refractivity contribution in [2.24, 2.45) is 0 Å². The van der Waals surface area contributed by atoms with Crippen LogP contribution >= 0.6 is 11.3 Å². The van der Waals surface area contributed by atoms with Gasteiger partial charge in [-0.25, -0.2) is 0 Å². The van der Waals surface area contributed by atoms with Crippen molar-refractivity contribution in [1.29, 1.82) is 0 Å². The molecule has 2 aromatic heterocycles. The molecule has 1 aromatic carbocycles. The van der Waals surface area contributed by atoms with E-state index in [1.54, 1.807) is 30.4 Å². The quantitative estimate of drug-likeness (QED) is 0.650. The Labute approximate surface area is 162 Å². The number of rotatable bonds is 7. The molecule has 0 fully saturated rings. The zero-order valence-corrected chi connectivity index (χ0v) is 16.1. The lowest BCUT2D eigenvalue weighted by Crippen LogP contribution is -2.45. The fourth-order valence-electron chi connectivity index (χ4n) is 2.73. The summed E-state index contributed by atoms with van der Waals surface area (Å²) in [4.78, 5) is 25.8. The van der Waals surface area contributed by atoms with E-state index in [0.29, 0.717) is 0 Å². The van der Waals surface area contributed by atoms with E-state index in [2.05, 4.69) is 29.7 Å². The lowest BCUT2D eigenvalue weighted by atomic mass is 10.0. The van der Waals surface area contributed by atoms with E-state index < -0.39 is 11.9 Å². The van der Waals surface area contributed by atoms with Crippen LogP contribution in [0.3, 0.4) is 0 Å². The Morgan fingerprint density at radius 3 is 2.44 bits per heavy atom. The van der Waals surface area contributed by atoms with E-state index in [4.69, 9.17) is 4.42 Å². The van der Waals surface area contributed by atoms with Crippen molar-refractivity contribution in [3.8, 4) is 0 Å². The van der Waals surface area contributed by atoms with Crippen molar-refractivity contribution < 1.29 is 14.0 Å². The molecule has 0 aliphatic heterocycles. The Morgan fingerprint density at radius 1 is 1.07 bits per heavy atom. The number of hydrogen-bond acceptors (Lipinski definition) is 4. The van der Waals surface area contributed by atoms with Gasteiger partial charge in [0.25, 0.3) is 5.91 Å². The number of nitrogens with one attached hydrogen (secondary N) is 2. The minimum Gasteiger partial charge on any atom is -0.459 e. The van der Waals surface area contributed by atoms with Crippen LogP contribution < -0.4 is 10.6 Å². The minimum absolute atomic E-state index is 0.180. The zero-order valence-electron chi connectivity index (χ0n) is 15.3. The van der Waals surface area contributed by atoms with Crippen LogP contribution in [0.2, 0.25) is 0 Å². The van der Waals surface area contributed by atoms with Gasteiger partial charge in [-0.1, -0.05) is 37.3 Å². The predicted molar refractivity (Wildman–Crippen MR) is 106 cm³/mol. The molecule has 5 nitrogen and oxygen atoms in total. The van der Waals surface area contributed by atoms with E-state index in [9.17, 15) is 9.59 Å². The van der Waals surface area contributed by atoms with Crippen molar-refractivity contribution in [3.05, 3.63) is 81.9 Å². The first-order valence-electron chi connectivity index (χ1n) is 8.85. The SMILES string of the molecule is CCc1ccc(C(NC(=O)C(C)NC(=O)c2ccco2)c2cccs2)cc1. The maximum absolute atomic E-state index is 12.7. The van der Waals surface area contributed by atoms with E-state index in [0.717, 1.165) is 16.9 Å². The molecule has 0 aliphatic rings. The fourth-order valence-corrected chi connectivity index (χ4v) is 3.53. The molecule has 2 heterocycles. The molecule has 2 atom stereocenters. The van der Waals surface area contributed by atoms with Crippen LogP contribution in [0.5, 0.6) is 0 Å². The highest BCUT2D eigenvalue weighted by atomic mass is 32.1. The second-order valence-electron chi connectivity index (χ2n) is 6.22. The molecule has 27 heavy (non-hydrogen) atoms. The summed E-state index contributed by atoms with van der Waals surface area (Å²) < 4.78 is 5.06. The van der Waals surface area contributed by atoms with Gasteiger partial charge in [0.05, 0.1) is 12.3 Å². The summed E-state index contributed by atoms with van der Waals surface area (Å²) in [5, 5.41) is 7.69. The number of hydrogen-bond donors (Lipinski definition) is 2. The Kier molecular flexibility index (Phi) is 6.08. The van der Waals surface area contributed by atoms with Crippen LogP contribution in [0, 0.1) is 0 Å². The standard InChI is InChI=1S/C21H22N2O3S/c1-3-15-8-10-16(11-9-15)19(18-7-5-13-27-18)23-20(24)14(2)22-21(25)17-6-4-12-26-17/h4-14,19H,3H2,1-2H3,(H,22,25)(H,23,24). The summed E-state index contributed by atoms with van der Waals surface area (Å²) in [7, 11) is 0. The molecular weight excluding hydrogens is 360 g/mol. The third-order valence-corrected chi connectivity index (χ3v) is 5.26. The molecule has 0 saturated heterocycles. The zero-order chi connectivity index (χ0) is 19.2. The molecule has 0 aliphatic carbocycles. The van der Waals surface area contributed by atoms with Gasteiger partial charge in [-0.3, -0.25) is 9.59 Å². The number of carbonyl (C=O) groups is 2. The molecule has 2 amide bonds. The highest BCUT2D eigenvalue weighted by molar-refractivity contribution is 7.10. The highest BCUT2D eigenvalue weighted by Gasteiger charge is 2.23. The summed E-state index contributed by atoms with van der Waals surface area (Å²) >= 11 is 1.58. The van der Waals surface area contributed by atoms with Crippen molar-refractivity contribution in [2.75, 3.05) is 0 Å². The Morgan fingerprint density at radius 2 is 1.85 bits per heavy atom. The van der Waals surface area contributed by atoms with Gasteiger partial charge in [0.15, 0.2) is 5.76 Å². The number of thiophene rings is 1. The molecule has 0 spiro atoms.